The van der Waals surface area contributed by atoms with Gasteiger partial charge < -0.3 is 9.73 Å². The van der Waals surface area contributed by atoms with E-state index in [9.17, 15) is 0 Å². The lowest BCUT2D eigenvalue weighted by molar-refractivity contribution is 0.530. The maximum absolute atomic E-state index is 5.19. The van der Waals surface area contributed by atoms with Crippen LogP contribution in [0.3, 0.4) is 0 Å². The fraction of sp³-hybridized carbons (Fsp3) is 0.200. The number of anilines is 1. The summed E-state index contributed by atoms with van der Waals surface area (Å²) in [5, 5.41) is 10.6. The summed E-state index contributed by atoms with van der Waals surface area (Å²) in [7, 11) is 0. The molecule has 15 heavy (non-hydrogen) atoms. The molecule has 0 unspecified atom stereocenters. The van der Waals surface area contributed by atoms with Crippen molar-refractivity contribution >= 4 is 21.9 Å². The topological polar surface area (TPSA) is 51.0 Å². The molecule has 2 rings (SSSR count). The number of nitrogens with one attached hydrogen (secondary N) is 1. The van der Waals surface area contributed by atoms with E-state index in [2.05, 4.69) is 31.4 Å². The molecule has 2 aromatic rings. The molecule has 1 N–H and O–H groups in total. The number of hydrogen-bond acceptors (Lipinski definition) is 4. The van der Waals surface area contributed by atoms with Gasteiger partial charge in [-0.25, -0.2) is 0 Å². The van der Waals surface area contributed by atoms with Gasteiger partial charge >= 0.3 is 6.01 Å². The molecule has 0 atom stereocenters. The first-order chi connectivity index (χ1) is 7.24. The third-order valence-corrected chi connectivity index (χ3v) is 2.35. The number of benzene rings is 1. The van der Waals surface area contributed by atoms with Gasteiger partial charge in [-0.3, -0.25) is 0 Å². The minimum absolute atomic E-state index is 0.451. The zero-order valence-electron chi connectivity index (χ0n) is 8.20. The van der Waals surface area contributed by atoms with Gasteiger partial charge in [0.15, 0.2) is 0 Å². The maximum atomic E-state index is 5.19. The summed E-state index contributed by atoms with van der Waals surface area (Å²) < 4.78 is 6.25. The van der Waals surface area contributed by atoms with Crippen LogP contribution in [0.1, 0.15) is 11.5 Å². The van der Waals surface area contributed by atoms with Gasteiger partial charge in [-0.2, -0.15) is 0 Å². The molecule has 0 aliphatic heterocycles. The second-order valence-corrected chi connectivity index (χ2v) is 4.03. The van der Waals surface area contributed by atoms with Crippen molar-refractivity contribution in [3.05, 3.63) is 40.2 Å². The van der Waals surface area contributed by atoms with Crippen molar-refractivity contribution in [2.45, 2.75) is 13.5 Å². The summed E-state index contributed by atoms with van der Waals surface area (Å²) in [6, 6.07) is 8.49. The predicted molar refractivity (Wildman–Crippen MR) is 60.5 cm³/mol. The number of rotatable bonds is 3. The van der Waals surface area contributed by atoms with Crippen LogP contribution in [0.15, 0.2) is 33.2 Å². The van der Waals surface area contributed by atoms with Crippen LogP contribution in [0.4, 0.5) is 6.01 Å². The van der Waals surface area contributed by atoms with E-state index in [-0.39, 0.29) is 0 Å². The Morgan fingerprint density at radius 3 is 2.93 bits per heavy atom. The van der Waals surface area contributed by atoms with Crippen LogP contribution in [0.2, 0.25) is 0 Å². The molecule has 4 nitrogen and oxygen atoms in total. The first-order valence-corrected chi connectivity index (χ1v) is 5.32. The minimum Gasteiger partial charge on any atom is -0.408 e. The molecule has 0 radical (unpaired) electrons. The molecule has 0 spiro atoms. The third-order valence-electron chi connectivity index (χ3n) is 1.86. The van der Waals surface area contributed by atoms with Crippen molar-refractivity contribution in [1.29, 1.82) is 0 Å². The van der Waals surface area contributed by atoms with Crippen molar-refractivity contribution in [2.24, 2.45) is 0 Å². The lowest BCUT2D eigenvalue weighted by atomic mass is 10.2. The molecule has 5 heteroatoms. The summed E-state index contributed by atoms with van der Waals surface area (Å²) in [5.41, 5.74) is 1.15. The molecule has 0 saturated heterocycles. The Kier molecular flexibility index (Phi) is 3.01. The highest BCUT2D eigenvalue weighted by atomic mass is 79.9. The van der Waals surface area contributed by atoms with Gasteiger partial charge in [0.05, 0.1) is 0 Å². The SMILES string of the molecule is Cc1nnc(NCc2cccc(Br)c2)o1. The van der Waals surface area contributed by atoms with Gasteiger partial charge in [0, 0.05) is 17.9 Å². The first kappa shape index (κ1) is 10.2. The number of hydrogen-bond donors (Lipinski definition) is 1. The van der Waals surface area contributed by atoms with E-state index in [0.29, 0.717) is 18.5 Å². The van der Waals surface area contributed by atoms with E-state index in [4.69, 9.17) is 4.42 Å². The zero-order chi connectivity index (χ0) is 10.7. The lowest BCUT2D eigenvalue weighted by Crippen LogP contribution is -1.99. The standard InChI is InChI=1S/C10H10BrN3O/c1-7-13-14-10(15-7)12-6-8-3-2-4-9(11)5-8/h2-5H,6H2,1H3,(H,12,14). The van der Waals surface area contributed by atoms with Crippen LogP contribution in [-0.4, -0.2) is 10.2 Å². The number of aryl methyl sites for hydroxylation is 1. The largest absolute Gasteiger partial charge is 0.408 e. The molecule has 1 aromatic carbocycles. The summed E-state index contributed by atoms with van der Waals surface area (Å²) in [6.45, 7) is 2.43. The molecule has 0 aliphatic rings. The summed E-state index contributed by atoms with van der Waals surface area (Å²) in [6.07, 6.45) is 0. The predicted octanol–water partition coefficient (Wildman–Crippen LogP) is 2.75. The van der Waals surface area contributed by atoms with Gasteiger partial charge in [0.2, 0.25) is 5.89 Å². The Bertz CT molecular complexity index is 455. The second-order valence-electron chi connectivity index (χ2n) is 3.11. The molecule has 1 aromatic heterocycles. The minimum atomic E-state index is 0.451. The van der Waals surface area contributed by atoms with Gasteiger partial charge in [-0.1, -0.05) is 33.2 Å². The van der Waals surface area contributed by atoms with Crippen molar-refractivity contribution in [1.82, 2.24) is 10.2 Å². The number of nitrogens with zero attached hydrogens (tertiary/aromatic N) is 2. The number of aromatic nitrogens is 2. The van der Waals surface area contributed by atoms with E-state index in [1.54, 1.807) is 6.92 Å². The van der Waals surface area contributed by atoms with Crippen molar-refractivity contribution < 1.29 is 4.42 Å². The Morgan fingerprint density at radius 2 is 2.27 bits per heavy atom. The van der Waals surface area contributed by atoms with Crippen LogP contribution in [0.25, 0.3) is 0 Å². The fourth-order valence-corrected chi connectivity index (χ4v) is 1.64. The van der Waals surface area contributed by atoms with E-state index < -0.39 is 0 Å². The van der Waals surface area contributed by atoms with Crippen molar-refractivity contribution in [2.75, 3.05) is 5.32 Å². The van der Waals surface area contributed by atoms with E-state index >= 15 is 0 Å². The molecule has 0 amide bonds. The van der Waals surface area contributed by atoms with Crippen LogP contribution < -0.4 is 5.32 Å². The molecule has 0 aliphatic carbocycles. The Labute approximate surface area is 95.8 Å². The van der Waals surface area contributed by atoms with E-state index in [1.807, 2.05) is 24.3 Å². The Balaban J connectivity index is 1.99. The average Bonchev–Trinajstić information content (AvgIpc) is 2.62. The first-order valence-electron chi connectivity index (χ1n) is 4.52. The molecule has 0 fully saturated rings. The highest BCUT2D eigenvalue weighted by Crippen LogP contribution is 2.13. The van der Waals surface area contributed by atoms with E-state index in [0.717, 1.165) is 10.0 Å². The molecule has 1 heterocycles. The van der Waals surface area contributed by atoms with Crippen molar-refractivity contribution in [3.63, 3.8) is 0 Å². The highest BCUT2D eigenvalue weighted by Gasteiger charge is 2.00. The average molecular weight is 268 g/mol. The maximum Gasteiger partial charge on any atom is 0.315 e. The van der Waals surface area contributed by atoms with Crippen LogP contribution in [-0.2, 0) is 6.54 Å². The lowest BCUT2D eigenvalue weighted by Gasteiger charge is -2.01. The normalized spacial score (nSPS) is 10.3. The zero-order valence-corrected chi connectivity index (χ0v) is 9.78. The summed E-state index contributed by atoms with van der Waals surface area (Å²) >= 11 is 3.41. The second kappa shape index (κ2) is 4.44. The molecule has 0 saturated carbocycles. The molecule has 0 bridgehead atoms. The van der Waals surface area contributed by atoms with Crippen LogP contribution >= 0.6 is 15.9 Å². The monoisotopic (exact) mass is 267 g/mol. The van der Waals surface area contributed by atoms with Gasteiger partial charge in [0.25, 0.3) is 0 Å². The molecule has 78 valence electrons. The highest BCUT2D eigenvalue weighted by molar-refractivity contribution is 9.10. The van der Waals surface area contributed by atoms with Crippen LogP contribution in [0.5, 0.6) is 0 Å². The molecular formula is C10H10BrN3O. The Morgan fingerprint density at radius 1 is 1.40 bits per heavy atom. The van der Waals surface area contributed by atoms with E-state index in [1.165, 1.54) is 0 Å². The summed E-state index contributed by atoms with van der Waals surface area (Å²) in [4.78, 5) is 0. The Hall–Kier alpha value is -1.36. The summed E-state index contributed by atoms with van der Waals surface area (Å²) in [5.74, 6) is 0.562. The van der Waals surface area contributed by atoms with Gasteiger partial charge in [-0.15, -0.1) is 5.10 Å². The fourth-order valence-electron chi connectivity index (χ4n) is 1.19. The van der Waals surface area contributed by atoms with Crippen LogP contribution in [0, 0.1) is 6.92 Å². The molecular weight excluding hydrogens is 258 g/mol. The number of halogens is 1. The quantitative estimate of drug-likeness (QED) is 0.929. The smallest absolute Gasteiger partial charge is 0.315 e. The van der Waals surface area contributed by atoms with Gasteiger partial charge in [0.1, 0.15) is 0 Å². The van der Waals surface area contributed by atoms with Crippen molar-refractivity contribution in [3.8, 4) is 0 Å². The third kappa shape index (κ3) is 2.79. The van der Waals surface area contributed by atoms with Gasteiger partial charge in [-0.05, 0) is 17.7 Å².